The van der Waals surface area contributed by atoms with Crippen molar-refractivity contribution in [1.29, 1.82) is 0 Å². The molecule has 1 aliphatic heterocycles. The largest absolute Gasteiger partial charge is 0.444 e. The Morgan fingerprint density at radius 2 is 1.95 bits per heavy atom. The number of hydrogen-bond donors (Lipinski definition) is 2. The van der Waals surface area contributed by atoms with Crippen LogP contribution in [0.3, 0.4) is 0 Å². The molecule has 2 rings (SSSR count). The van der Waals surface area contributed by atoms with Crippen molar-refractivity contribution in [2.75, 3.05) is 19.7 Å². The van der Waals surface area contributed by atoms with Gasteiger partial charge in [-0.3, -0.25) is 0 Å². The van der Waals surface area contributed by atoms with Crippen LogP contribution in [0.5, 0.6) is 0 Å². The van der Waals surface area contributed by atoms with E-state index in [2.05, 4.69) is 17.6 Å². The molecule has 2 aliphatic rings. The molecule has 4 unspecified atom stereocenters. The Kier molecular flexibility index (Phi) is 6.09. The third-order valence-corrected chi connectivity index (χ3v) is 4.74. The Bertz CT molecular complexity index is 367. The van der Waals surface area contributed by atoms with Crippen molar-refractivity contribution in [3.63, 3.8) is 0 Å². The molecule has 0 aromatic carbocycles. The van der Waals surface area contributed by atoms with Gasteiger partial charge >= 0.3 is 6.09 Å². The van der Waals surface area contributed by atoms with Crippen LogP contribution in [-0.2, 0) is 9.47 Å². The van der Waals surface area contributed by atoms with Crippen LogP contribution < -0.4 is 10.6 Å². The van der Waals surface area contributed by atoms with Crippen LogP contribution in [0.2, 0.25) is 0 Å². The third kappa shape index (κ3) is 5.43. The molecule has 2 fully saturated rings. The second-order valence-corrected chi connectivity index (χ2v) is 7.71. The van der Waals surface area contributed by atoms with Crippen LogP contribution in [0.25, 0.3) is 0 Å². The van der Waals surface area contributed by atoms with Crippen LogP contribution in [0.1, 0.15) is 53.4 Å². The van der Waals surface area contributed by atoms with Crippen molar-refractivity contribution in [1.82, 2.24) is 10.6 Å². The summed E-state index contributed by atoms with van der Waals surface area (Å²) < 4.78 is 10.9. The molecule has 1 aliphatic carbocycles. The molecule has 1 saturated carbocycles. The van der Waals surface area contributed by atoms with E-state index in [1.54, 1.807) is 0 Å². The molecule has 128 valence electrons. The van der Waals surface area contributed by atoms with Gasteiger partial charge in [-0.05, 0) is 58.8 Å². The maximum absolute atomic E-state index is 11.8. The molecule has 0 spiro atoms. The molecular weight excluding hydrogens is 280 g/mol. The lowest BCUT2D eigenvalue weighted by atomic mass is 9.99. The van der Waals surface area contributed by atoms with E-state index in [0.717, 1.165) is 19.6 Å². The van der Waals surface area contributed by atoms with Crippen LogP contribution in [0.15, 0.2) is 0 Å². The Labute approximate surface area is 134 Å². The first-order valence-electron chi connectivity index (χ1n) is 8.67. The summed E-state index contributed by atoms with van der Waals surface area (Å²) in [6.45, 7) is 10.4. The second kappa shape index (κ2) is 7.64. The quantitative estimate of drug-likeness (QED) is 0.819. The van der Waals surface area contributed by atoms with Gasteiger partial charge in [0.1, 0.15) is 5.60 Å². The zero-order valence-electron chi connectivity index (χ0n) is 14.5. The summed E-state index contributed by atoms with van der Waals surface area (Å²) >= 11 is 0. The SMILES string of the molecule is CC1OCCC1CNC1CCCC1CNC(=O)OC(C)(C)C. The van der Waals surface area contributed by atoms with E-state index in [4.69, 9.17) is 9.47 Å². The lowest BCUT2D eigenvalue weighted by molar-refractivity contribution is 0.0517. The number of nitrogens with one attached hydrogen (secondary N) is 2. The van der Waals surface area contributed by atoms with Gasteiger partial charge in [-0.1, -0.05) is 6.42 Å². The smallest absolute Gasteiger partial charge is 0.407 e. The molecule has 0 aromatic rings. The molecule has 1 amide bonds. The van der Waals surface area contributed by atoms with Crippen LogP contribution in [0.4, 0.5) is 4.79 Å². The van der Waals surface area contributed by atoms with E-state index >= 15 is 0 Å². The van der Waals surface area contributed by atoms with Gasteiger partial charge in [0.25, 0.3) is 0 Å². The number of amides is 1. The first-order valence-corrected chi connectivity index (χ1v) is 8.67. The van der Waals surface area contributed by atoms with Crippen molar-refractivity contribution >= 4 is 6.09 Å². The van der Waals surface area contributed by atoms with Gasteiger partial charge in [-0.15, -0.1) is 0 Å². The number of carbonyl (C=O) groups is 1. The molecule has 5 nitrogen and oxygen atoms in total. The molecule has 22 heavy (non-hydrogen) atoms. The summed E-state index contributed by atoms with van der Waals surface area (Å²) in [5.41, 5.74) is -0.435. The van der Waals surface area contributed by atoms with Crippen molar-refractivity contribution < 1.29 is 14.3 Å². The minimum absolute atomic E-state index is 0.309. The molecule has 0 radical (unpaired) electrons. The first-order chi connectivity index (χ1) is 10.3. The topological polar surface area (TPSA) is 59.6 Å². The maximum Gasteiger partial charge on any atom is 0.407 e. The minimum Gasteiger partial charge on any atom is -0.444 e. The number of hydrogen-bond acceptors (Lipinski definition) is 4. The molecule has 5 heteroatoms. The summed E-state index contributed by atoms with van der Waals surface area (Å²) in [6.07, 6.45) is 4.81. The van der Waals surface area contributed by atoms with Gasteiger partial charge in [-0.2, -0.15) is 0 Å². The van der Waals surface area contributed by atoms with Gasteiger partial charge in [0.05, 0.1) is 6.10 Å². The molecule has 1 heterocycles. The Balaban J connectivity index is 1.70. The zero-order valence-corrected chi connectivity index (χ0v) is 14.5. The Morgan fingerprint density at radius 3 is 2.59 bits per heavy atom. The molecule has 4 atom stereocenters. The zero-order chi connectivity index (χ0) is 16.2. The van der Waals surface area contributed by atoms with E-state index in [0.29, 0.717) is 30.5 Å². The fourth-order valence-corrected chi connectivity index (χ4v) is 3.43. The van der Waals surface area contributed by atoms with Crippen LogP contribution in [-0.4, -0.2) is 43.5 Å². The molecule has 0 bridgehead atoms. The average Bonchev–Trinajstić information content (AvgIpc) is 3.00. The first kappa shape index (κ1) is 17.5. The van der Waals surface area contributed by atoms with E-state index in [1.807, 2.05) is 20.8 Å². The minimum atomic E-state index is -0.435. The predicted molar refractivity (Wildman–Crippen MR) is 86.9 cm³/mol. The van der Waals surface area contributed by atoms with E-state index in [-0.39, 0.29) is 6.09 Å². The van der Waals surface area contributed by atoms with Gasteiger partial charge in [0.15, 0.2) is 0 Å². The molecule has 2 N–H and O–H groups in total. The number of carbonyl (C=O) groups excluding carboxylic acids is 1. The highest BCUT2D eigenvalue weighted by Crippen LogP contribution is 2.26. The standard InChI is InChI=1S/C17H32N2O3/c1-12-13(8-9-21-12)10-18-15-7-5-6-14(15)11-19-16(20)22-17(2,3)4/h12-15,18H,5-11H2,1-4H3,(H,19,20). The van der Waals surface area contributed by atoms with Gasteiger partial charge < -0.3 is 20.1 Å². The van der Waals surface area contributed by atoms with E-state index in [9.17, 15) is 4.79 Å². The molecule has 1 saturated heterocycles. The highest BCUT2D eigenvalue weighted by Gasteiger charge is 2.30. The van der Waals surface area contributed by atoms with Crippen molar-refractivity contribution in [2.24, 2.45) is 11.8 Å². The number of alkyl carbamates (subject to hydrolysis) is 1. The van der Waals surface area contributed by atoms with Gasteiger partial charge in [0.2, 0.25) is 0 Å². The molecular formula is C17H32N2O3. The fourth-order valence-electron chi connectivity index (χ4n) is 3.43. The fraction of sp³-hybridized carbons (Fsp3) is 0.941. The van der Waals surface area contributed by atoms with Crippen LogP contribution in [0, 0.1) is 11.8 Å². The van der Waals surface area contributed by atoms with Crippen molar-refractivity contribution in [3.05, 3.63) is 0 Å². The predicted octanol–water partition coefficient (Wildman–Crippen LogP) is 2.69. The van der Waals surface area contributed by atoms with Crippen molar-refractivity contribution in [2.45, 2.75) is 71.1 Å². The lowest BCUT2D eigenvalue weighted by Crippen LogP contribution is -2.42. The summed E-state index contributed by atoms with van der Waals surface area (Å²) in [5.74, 6) is 1.13. The molecule has 0 aromatic heterocycles. The third-order valence-electron chi connectivity index (χ3n) is 4.74. The summed E-state index contributed by atoms with van der Waals surface area (Å²) in [7, 11) is 0. The Morgan fingerprint density at radius 1 is 1.18 bits per heavy atom. The van der Waals surface area contributed by atoms with Crippen LogP contribution >= 0.6 is 0 Å². The number of ether oxygens (including phenoxy) is 2. The summed E-state index contributed by atoms with van der Waals surface area (Å²) in [6, 6.07) is 0.503. The summed E-state index contributed by atoms with van der Waals surface area (Å²) in [4.78, 5) is 11.8. The average molecular weight is 312 g/mol. The summed E-state index contributed by atoms with van der Waals surface area (Å²) in [5, 5.41) is 6.63. The van der Waals surface area contributed by atoms with Gasteiger partial charge in [0, 0.05) is 25.7 Å². The normalized spacial score (nSPS) is 32.2. The van der Waals surface area contributed by atoms with Crippen molar-refractivity contribution in [3.8, 4) is 0 Å². The lowest BCUT2D eigenvalue weighted by Gasteiger charge is -2.25. The maximum atomic E-state index is 11.8. The Hall–Kier alpha value is -0.810. The monoisotopic (exact) mass is 312 g/mol. The van der Waals surface area contributed by atoms with Gasteiger partial charge in [-0.25, -0.2) is 4.79 Å². The highest BCUT2D eigenvalue weighted by atomic mass is 16.6. The van der Waals surface area contributed by atoms with E-state index < -0.39 is 5.60 Å². The highest BCUT2D eigenvalue weighted by molar-refractivity contribution is 5.67. The second-order valence-electron chi connectivity index (χ2n) is 7.71. The van der Waals surface area contributed by atoms with E-state index in [1.165, 1.54) is 19.3 Å². The number of rotatable bonds is 5.